The van der Waals surface area contributed by atoms with Crippen molar-refractivity contribution >= 4 is 5.97 Å². The standard InChI is InChI=1S/C14H21NO3/c1-8-6-9(8)11-4-5-12(18-11)10(7-13(16)17)14(2,3)15/h4-5,8-10H,6-7,15H2,1-3H3,(H,16,17). The van der Waals surface area contributed by atoms with Crippen LogP contribution < -0.4 is 5.73 Å². The zero-order valence-electron chi connectivity index (χ0n) is 11.1. The molecule has 1 aromatic heterocycles. The number of hydrogen-bond donors (Lipinski definition) is 2. The molecule has 4 heteroatoms. The molecule has 0 spiro atoms. The van der Waals surface area contributed by atoms with Gasteiger partial charge in [-0.05, 0) is 38.3 Å². The molecule has 0 aromatic carbocycles. The van der Waals surface area contributed by atoms with Gasteiger partial charge < -0.3 is 15.3 Å². The Bertz CT molecular complexity index is 444. The van der Waals surface area contributed by atoms with Crippen molar-refractivity contribution in [3.8, 4) is 0 Å². The molecule has 1 aliphatic rings. The van der Waals surface area contributed by atoms with Crippen LogP contribution in [0, 0.1) is 5.92 Å². The van der Waals surface area contributed by atoms with E-state index in [1.54, 1.807) is 0 Å². The number of nitrogens with two attached hydrogens (primary N) is 1. The van der Waals surface area contributed by atoms with Gasteiger partial charge in [-0.2, -0.15) is 0 Å². The molecule has 1 aliphatic carbocycles. The topological polar surface area (TPSA) is 76.5 Å². The van der Waals surface area contributed by atoms with Crippen molar-refractivity contribution in [2.45, 2.75) is 51.0 Å². The zero-order valence-corrected chi connectivity index (χ0v) is 11.1. The van der Waals surface area contributed by atoms with Gasteiger partial charge in [0.25, 0.3) is 0 Å². The summed E-state index contributed by atoms with van der Waals surface area (Å²) in [6.45, 7) is 5.86. The van der Waals surface area contributed by atoms with Gasteiger partial charge >= 0.3 is 5.97 Å². The van der Waals surface area contributed by atoms with Crippen LogP contribution in [0.5, 0.6) is 0 Å². The molecule has 3 N–H and O–H groups in total. The van der Waals surface area contributed by atoms with Gasteiger partial charge in [0, 0.05) is 17.4 Å². The first-order valence-corrected chi connectivity index (χ1v) is 6.39. The lowest BCUT2D eigenvalue weighted by molar-refractivity contribution is -0.138. The maximum Gasteiger partial charge on any atom is 0.304 e. The molecule has 0 aliphatic heterocycles. The first-order valence-electron chi connectivity index (χ1n) is 6.39. The Morgan fingerprint density at radius 3 is 2.67 bits per heavy atom. The lowest BCUT2D eigenvalue weighted by Gasteiger charge is -2.27. The van der Waals surface area contributed by atoms with E-state index in [-0.39, 0.29) is 12.3 Å². The average molecular weight is 251 g/mol. The average Bonchev–Trinajstić information content (AvgIpc) is 2.77. The molecular formula is C14H21NO3. The fourth-order valence-electron chi connectivity index (χ4n) is 2.38. The third kappa shape index (κ3) is 2.75. The minimum atomic E-state index is -0.851. The Hall–Kier alpha value is -1.29. The van der Waals surface area contributed by atoms with Gasteiger partial charge in [-0.15, -0.1) is 0 Å². The van der Waals surface area contributed by atoms with E-state index in [0.717, 1.165) is 12.2 Å². The first-order chi connectivity index (χ1) is 8.29. The summed E-state index contributed by atoms with van der Waals surface area (Å²) in [7, 11) is 0. The summed E-state index contributed by atoms with van der Waals surface area (Å²) >= 11 is 0. The van der Waals surface area contributed by atoms with Crippen molar-refractivity contribution in [3.63, 3.8) is 0 Å². The van der Waals surface area contributed by atoms with Gasteiger partial charge in [0.1, 0.15) is 11.5 Å². The molecule has 3 unspecified atom stereocenters. The highest BCUT2D eigenvalue weighted by Crippen LogP contribution is 2.48. The number of carbonyl (C=O) groups is 1. The summed E-state index contributed by atoms with van der Waals surface area (Å²) in [5, 5.41) is 8.98. The molecule has 0 bridgehead atoms. The maximum atomic E-state index is 10.9. The highest BCUT2D eigenvalue weighted by Gasteiger charge is 2.38. The van der Waals surface area contributed by atoms with Gasteiger partial charge in [0.2, 0.25) is 0 Å². The molecule has 0 amide bonds. The molecule has 0 saturated heterocycles. The van der Waals surface area contributed by atoms with Crippen molar-refractivity contribution in [2.24, 2.45) is 11.7 Å². The largest absolute Gasteiger partial charge is 0.481 e. The van der Waals surface area contributed by atoms with E-state index >= 15 is 0 Å². The Morgan fingerprint density at radius 1 is 1.61 bits per heavy atom. The normalized spacial score (nSPS) is 24.9. The maximum absolute atomic E-state index is 10.9. The molecule has 2 rings (SSSR count). The molecule has 18 heavy (non-hydrogen) atoms. The van der Waals surface area contributed by atoms with Crippen molar-refractivity contribution in [3.05, 3.63) is 23.7 Å². The number of rotatable bonds is 5. The molecule has 1 aromatic rings. The molecule has 0 radical (unpaired) electrons. The number of carboxylic acids is 1. The summed E-state index contributed by atoms with van der Waals surface area (Å²) in [6, 6.07) is 3.84. The van der Waals surface area contributed by atoms with Crippen molar-refractivity contribution in [1.29, 1.82) is 0 Å². The van der Waals surface area contributed by atoms with Crippen molar-refractivity contribution in [1.82, 2.24) is 0 Å². The van der Waals surface area contributed by atoms with E-state index < -0.39 is 11.5 Å². The second-order valence-corrected chi connectivity index (χ2v) is 6.03. The van der Waals surface area contributed by atoms with E-state index in [9.17, 15) is 4.79 Å². The first kappa shape index (κ1) is 13.1. The van der Waals surface area contributed by atoms with E-state index in [0.29, 0.717) is 17.6 Å². The molecule has 1 fully saturated rings. The monoisotopic (exact) mass is 251 g/mol. The zero-order chi connectivity index (χ0) is 13.5. The Balaban J connectivity index is 2.20. The summed E-state index contributed by atoms with van der Waals surface area (Å²) in [4.78, 5) is 10.9. The summed E-state index contributed by atoms with van der Waals surface area (Å²) in [6.07, 6.45) is 1.15. The number of carboxylic acid groups (broad SMARTS) is 1. The number of hydrogen-bond acceptors (Lipinski definition) is 3. The summed E-state index contributed by atoms with van der Waals surface area (Å²) in [5.74, 6) is 1.70. The van der Waals surface area contributed by atoms with E-state index in [4.69, 9.17) is 15.3 Å². The minimum Gasteiger partial charge on any atom is -0.481 e. The Labute approximate surface area is 107 Å². The molecule has 4 nitrogen and oxygen atoms in total. The Kier molecular flexibility index (Phi) is 3.23. The van der Waals surface area contributed by atoms with Crippen LogP contribution in [0.1, 0.15) is 57.0 Å². The Morgan fingerprint density at radius 2 is 2.22 bits per heavy atom. The second-order valence-electron chi connectivity index (χ2n) is 6.03. The van der Waals surface area contributed by atoms with E-state index in [1.165, 1.54) is 0 Å². The molecule has 3 atom stereocenters. The summed E-state index contributed by atoms with van der Waals surface area (Å²) in [5.41, 5.74) is 5.46. The van der Waals surface area contributed by atoms with Gasteiger partial charge in [-0.3, -0.25) is 4.79 Å². The van der Waals surface area contributed by atoms with Crippen LogP contribution in [0.4, 0.5) is 0 Å². The minimum absolute atomic E-state index is 0.00330. The fourth-order valence-corrected chi connectivity index (χ4v) is 2.38. The third-order valence-electron chi connectivity index (χ3n) is 3.74. The van der Waals surface area contributed by atoms with E-state index in [1.807, 2.05) is 26.0 Å². The van der Waals surface area contributed by atoms with Crippen LogP contribution in [0.3, 0.4) is 0 Å². The van der Waals surface area contributed by atoms with Crippen LogP contribution in [0.2, 0.25) is 0 Å². The highest BCUT2D eigenvalue weighted by atomic mass is 16.4. The highest BCUT2D eigenvalue weighted by molar-refractivity contribution is 5.68. The summed E-state index contributed by atoms with van der Waals surface area (Å²) < 4.78 is 5.82. The lowest BCUT2D eigenvalue weighted by Crippen LogP contribution is -2.40. The predicted molar refractivity (Wildman–Crippen MR) is 68.5 cm³/mol. The molecule has 1 saturated carbocycles. The van der Waals surface area contributed by atoms with Crippen molar-refractivity contribution in [2.75, 3.05) is 0 Å². The van der Waals surface area contributed by atoms with Crippen molar-refractivity contribution < 1.29 is 14.3 Å². The third-order valence-corrected chi connectivity index (χ3v) is 3.74. The second kappa shape index (κ2) is 4.43. The van der Waals surface area contributed by atoms with Gasteiger partial charge in [0.15, 0.2) is 0 Å². The van der Waals surface area contributed by atoms with Crippen LogP contribution in [-0.2, 0) is 4.79 Å². The van der Waals surface area contributed by atoms with Crippen LogP contribution in [0.15, 0.2) is 16.5 Å². The fraction of sp³-hybridized carbons (Fsp3) is 0.643. The quantitative estimate of drug-likeness (QED) is 0.843. The predicted octanol–water partition coefficient (Wildman–Crippen LogP) is 2.70. The van der Waals surface area contributed by atoms with Gasteiger partial charge in [-0.1, -0.05) is 6.92 Å². The SMILES string of the molecule is CC1CC1c1ccc(C(CC(=O)O)C(C)(C)N)o1. The van der Waals surface area contributed by atoms with Crippen LogP contribution >= 0.6 is 0 Å². The lowest BCUT2D eigenvalue weighted by atomic mass is 9.84. The molecule has 1 heterocycles. The smallest absolute Gasteiger partial charge is 0.304 e. The van der Waals surface area contributed by atoms with Crippen LogP contribution in [0.25, 0.3) is 0 Å². The van der Waals surface area contributed by atoms with E-state index in [2.05, 4.69) is 6.92 Å². The number of furan rings is 1. The van der Waals surface area contributed by atoms with Crippen LogP contribution in [-0.4, -0.2) is 16.6 Å². The molecule has 100 valence electrons. The van der Waals surface area contributed by atoms with Gasteiger partial charge in [0.05, 0.1) is 6.42 Å². The number of aliphatic carboxylic acids is 1. The molecular weight excluding hydrogens is 230 g/mol. The van der Waals surface area contributed by atoms with Gasteiger partial charge in [-0.25, -0.2) is 0 Å².